The summed E-state index contributed by atoms with van der Waals surface area (Å²) >= 11 is 0. The van der Waals surface area contributed by atoms with Crippen molar-refractivity contribution in [2.75, 3.05) is 14.1 Å². The number of halogens is 1. The molecule has 0 saturated heterocycles. The van der Waals surface area contributed by atoms with E-state index in [0.717, 1.165) is 35.5 Å². The minimum absolute atomic E-state index is 0. The maximum Gasteiger partial charge on any atom is 0.210 e. The summed E-state index contributed by atoms with van der Waals surface area (Å²) < 4.78 is 2.20. The fourth-order valence-electron chi connectivity index (χ4n) is 3.82. The monoisotopic (exact) mass is 365 g/mol. The maximum absolute atomic E-state index is 13.1. The predicted molar refractivity (Wildman–Crippen MR) is 101 cm³/mol. The van der Waals surface area contributed by atoms with Gasteiger partial charge in [0.25, 0.3) is 0 Å². The first-order chi connectivity index (χ1) is 12.1. The number of aromatic nitrogens is 1. The van der Waals surface area contributed by atoms with E-state index in [1.165, 1.54) is 16.8 Å². The number of fused-ring (bicyclic) bond motifs is 3. The lowest BCUT2D eigenvalue weighted by atomic mass is 10.0. The van der Waals surface area contributed by atoms with Crippen molar-refractivity contribution in [3.8, 4) is 11.1 Å². The van der Waals surface area contributed by atoms with E-state index < -0.39 is 0 Å². The van der Waals surface area contributed by atoms with Crippen molar-refractivity contribution in [3.05, 3.63) is 82.7 Å². The van der Waals surface area contributed by atoms with E-state index in [2.05, 4.69) is 48.7 Å². The van der Waals surface area contributed by atoms with Crippen LogP contribution in [0.25, 0.3) is 11.1 Å². The van der Waals surface area contributed by atoms with Crippen LogP contribution in [0.15, 0.2) is 54.6 Å². The molecule has 3 nitrogen and oxygen atoms in total. The summed E-state index contributed by atoms with van der Waals surface area (Å²) in [6.07, 6.45) is 0. The van der Waals surface area contributed by atoms with E-state index in [0.29, 0.717) is 0 Å². The van der Waals surface area contributed by atoms with Crippen molar-refractivity contribution in [2.24, 2.45) is 0 Å². The normalized spacial score (nSPS) is 12.1. The summed E-state index contributed by atoms with van der Waals surface area (Å²) in [7, 11) is 4.14. The molecule has 4 rings (SSSR count). The maximum atomic E-state index is 13.1. The van der Waals surface area contributed by atoms with Crippen LogP contribution >= 0.6 is 0 Å². The Kier molecular flexibility index (Phi) is 5.03. The van der Waals surface area contributed by atoms with Crippen LogP contribution in [0.3, 0.4) is 0 Å². The second-order valence-corrected chi connectivity index (χ2v) is 6.97. The van der Waals surface area contributed by atoms with Crippen LogP contribution in [0, 0.1) is 6.92 Å². The molecule has 0 aliphatic heterocycles. The van der Waals surface area contributed by atoms with Gasteiger partial charge in [0.1, 0.15) is 0 Å². The number of ketones is 1. The number of rotatable bonds is 4. The lowest BCUT2D eigenvalue weighted by molar-refractivity contribution is -0.0000125. The third-order valence-corrected chi connectivity index (χ3v) is 4.96. The molecule has 1 aromatic heterocycles. The van der Waals surface area contributed by atoms with Crippen molar-refractivity contribution >= 4 is 5.78 Å². The molecule has 1 heterocycles. The van der Waals surface area contributed by atoms with E-state index in [1.807, 2.05) is 36.4 Å². The second kappa shape index (κ2) is 7.10. The molecule has 134 valence electrons. The molecule has 1 aliphatic carbocycles. The summed E-state index contributed by atoms with van der Waals surface area (Å²) in [5.41, 5.74) is 7.54. The van der Waals surface area contributed by atoms with Gasteiger partial charge in [0.15, 0.2) is 0 Å². The van der Waals surface area contributed by atoms with Gasteiger partial charge in [-0.2, -0.15) is 0 Å². The topological polar surface area (TPSA) is 25.2 Å². The number of carbonyl (C=O) groups excluding carboxylic acids is 1. The smallest absolute Gasteiger partial charge is 0.210 e. The molecule has 4 heteroatoms. The molecule has 0 atom stereocenters. The molecule has 3 aromatic rings. The highest BCUT2D eigenvalue weighted by atomic mass is 35.5. The van der Waals surface area contributed by atoms with E-state index in [4.69, 9.17) is 0 Å². The molecular weight excluding hydrogens is 344 g/mol. The first-order valence-electron chi connectivity index (χ1n) is 8.62. The van der Waals surface area contributed by atoms with Crippen LogP contribution in [-0.4, -0.2) is 29.3 Å². The molecular formula is C22H22ClN2O-. The van der Waals surface area contributed by atoms with E-state index in [9.17, 15) is 4.79 Å². The zero-order valence-corrected chi connectivity index (χ0v) is 16.0. The zero-order chi connectivity index (χ0) is 17.6. The summed E-state index contributed by atoms with van der Waals surface area (Å²) in [6.45, 7) is 3.69. The van der Waals surface area contributed by atoms with Gasteiger partial charge >= 0.3 is 0 Å². The molecule has 0 amide bonds. The number of hydrogen-bond acceptors (Lipinski definition) is 2. The van der Waals surface area contributed by atoms with Gasteiger partial charge in [0.2, 0.25) is 5.78 Å². The number of nitrogens with zero attached hydrogens (tertiary/aromatic N) is 2. The SMILES string of the molecule is Cc1c(CN(C)C)c2c(n1Cc1ccccc1)C(=O)c1ccccc1-2.[Cl-]. The Morgan fingerprint density at radius 2 is 1.54 bits per heavy atom. The predicted octanol–water partition coefficient (Wildman–Crippen LogP) is 1.12. The standard InChI is InChI=1S/C22H22N2O.ClH/c1-15-19(14-23(2)3)20-17-11-7-8-12-18(17)22(25)21(20)24(15)13-16-9-5-4-6-10-16;/h4-12H,13-14H2,1-3H3;1H/p-1. The molecule has 0 spiro atoms. The van der Waals surface area contributed by atoms with Crippen molar-refractivity contribution in [1.29, 1.82) is 0 Å². The lowest BCUT2D eigenvalue weighted by Gasteiger charge is -2.14. The van der Waals surface area contributed by atoms with E-state index >= 15 is 0 Å². The molecule has 2 aromatic carbocycles. The summed E-state index contributed by atoms with van der Waals surface area (Å²) in [6, 6.07) is 18.3. The van der Waals surface area contributed by atoms with Crippen molar-refractivity contribution in [3.63, 3.8) is 0 Å². The van der Waals surface area contributed by atoms with Crippen molar-refractivity contribution in [2.45, 2.75) is 20.0 Å². The molecule has 0 bridgehead atoms. The van der Waals surface area contributed by atoms with Crippen molar-refractivity contribution in [1.82, 2.24) is 9.47 Å². The minimum atomic E-state index is 0. The molecule has 26 heavy (non-hydrogen) atoms. The molecule has 0 saturated carbocycles. The van der Waals surface area contributed by atoms with E-state index in [1.54, 1.807) is 0 Å². The number of carbonyl (C=O) groups is 1. The lowest BCUT2D eigenvalue weighted by Crippen LogP contribution is -3.00. The Bertz CT molecular complexity index is 958. The molecule has 0 unspecified atom stereocenters. The van der Waals surface area contributed by atoms with Gasteiger partial charge in [-0.15, -0.1) is 0 Å². The second-order valence-electron chi connectivity index (χ2n) is 6.97. The quantitative estimate of drug-likeness (QED) is 0.541. The molecule has 1 aliphatic rings. The molecule has 0 radical (unpaired) electrons. The van der Waals surface area contributed by atoms with Gasteiger partial charge in [-0.05, 0) is 37.7 Å². The van der Waals surface area contributed by atoms with Crippen molar-refractivity contribution < 1.29 is 17.2 Å². The molecule has 0 fully saturated rings. The first kappa shape index (κ1) is 18.4. The fraction of sp³-hybridized carbons (Fsp3) is 0.227. The van der Waals surface area contributed by atoms with Crippen LogP contribution in [0.5, 0.6) is 0 Å². The largest absolute Gasteiger partial charge is 1.00 e. The van der Waals surface area contributed by atoms with Gasteiger partial charge in [-0.3, -0.25) is 4.79 Å². The fourth-order valence-corrected chi connectivity index (χ4v) is 3.82. The number of benzene rings is 2. The Morgan fingerprint density at radius 3 is 2.19 bits per heavy atom. The molecule has 0 N–H and O–H groups in total. The zero-order valence-electron chi connectivity index (χ0n) is 15.3. The summed E-state index contributed by atoms with van der Waals surface area (Å²) in [4.78, 5) is 15.3. The summed E-state index contributed by atoms with van der Waals surface area (Å²) in [5.74, 6) is 0.148. The third kappa shape index (κ3) is 2.87. The highest BCUT2D eigenvalue weighted by molar-refractivity contribution is 6.21. The number of hydrogen-bond donors (Lipinski definition) is 0. The summed E-state index contributed by atoms with van der Waals surface area (Å²) in [5, 5.41) is 0. The van der Waals surface area contributed by atoms with Crippen LogP contribution < -0.4 is 12.4 Å². The van der Waals surface area contributed by atoms with Gasteiger partial charge in [0, 0.05) is 29.9 Å². The van der Waals surface area contributed by atoms with Gasteiger partial charge < -0.3 is 21.9 Å². The van der Waals surface area contributed by atoms with E-state index in [-0.39, 0.29) is 18.2 Å². The highest BCUT2D eigenvalue weighted by Crippen LogP contribution is 2.42. The van der Waals surface area contributed by atoms with Crippen LogP contribution in [0.2, 0.25) is 0 Å². The Hall–Kier alpha value is -2.36. The highest BCUT2D eigenvalue weighted by Gasteiger charge is 2.34. The average Bonchev–Trinajstić information content (AvgIpc) is 3.04. The van der Waals surface area contributed by atoms with Crippen LogP contribution in [-0.2, 0) is 13.1 Å². The Labute approximate surface area is 160 Å². The van der Waals surface area contributed by atoms with Gasteiger partial charge in [0.05, 0.1) is 5.69 Å². The Balaban J connectivity index is 0.00000196. The first-order valence-corrected chi connectivity index (χ1v) is 8.62. The van der Waals surface area contributed by atoms with Gasteiger partial charge in [-0.25, -0.2) is 0 Å². The van der Waals surface area contributed by atoms with Crippen LogP contribution in [0.4, 0.5) is 0 Å². The third-order valence-electron chi connectivity index (χ3n) is 4.96. The van der Waals surface area contributed by atoms with Gasteiger partial charge in [-0.1, -0.05) is 54.6 Å². The average molecular weight is 366 g/mol. The van der Waals surface area contributed by atoms with Crippen LogP contribution in [0.1, 0.15) is 32.9 Å². The minimum Gasteiger partial charge on any atom is -1.00 e. The Morgan fingerprint density at radius 1 is 0.923 bits per heavy atom.